The van der Waals surface area contributed by atoms with E-state index in [-0.39, 0.29) is 16.9 Å². The van der Waals surface area contributed by atoms with E-state index < -0.39 is 17.6 Å². The Morgan fingerprint density at radius 2 is 1.87 bits per heavy atom. The second kappa shape index (κ2) is 7.59. The molecule has 0 fully saturated rings. The zero-order chi connectivity index (χ0) is 17.6. The second-order valence-electron chi connectivity index (χ2n) is 3.95. The lowest BCUT2D eigenvalue weighted by Gasteiger charge is -2.10. The SMILES string of the molecule is C=C/C=C/n1c(=O)nc(N)c2ccc(C(F)(F)F)nc21.C=CCl. The van der Waals surface area contributed by atoms with Crippen molar-refractivity contribution in [2.24, 2.45) is 0 Å². The number of nitrogen functional groups attached to an aromatic ring is 1. The molecule has 122 valence electrons. The summed E-state index contributed by atoms with van der Waals surface area (Å²) in [5.74, 6) is -0.172. The molecule has 2 aromatic heterocycles. The molecule has 9 heteroatoms. The van der Waals surface area contributed by atoms with E-state index in [0.29, 0.717) is 0 Å². The zero-order valence-corrected chi connectivity index (χ0v) is 12.5. The van der Waals surface area contributed by atoms with Gasteiger partial charge in [0.25, 0.3) is 0 Å². The van der Waals surface area contributed by atoms with Gasteiger partial charge in [0.05, 0.1) is 5.39 Å². The van der Waals surface area contributed by atoms with Crippen molar-refractivity contribution in [2.75, 3.05) is 5.73 Å². The highest BCUT2D eigenvalue weighted by Gasteiger charge is 2.33. The monoisotopic (exact) mass is 344 g/mol. The van der Waals surface area contributed by atoms with Crippen LogP contribution in [-0.4, -0.2) is 14.5 Å². The third-order valence-electron chi connectivity index (χ3n) is 2.46. The predicted molar refractivity (Wildman–Crippen MR) is 84.8 cm³/mol. The van der Waals surface area contributed by atoms with Gasteiger partial charge in [-0.05, 0) is 23.7 Å². The van der Waals surface area contributed by atoms with Crippen LogP contribution in [-0.2, 0) is 6.18 Å². The van der Waals surface area contributed by atoms with E-state index in [0.717, 1.165) is 16.7 Å². The van der Waals surface area contributed by atoms with Crippen LogP contribution >= 0.6 is 11.6 Å². The molecule has 0 aliphatic heterocycles. The number of anilines is 1. The van der Waals surface area contributed by atoms with Crippen LogP contribution in [0.2, 0.25) is 0 Å². The Hall–Kier alpha value is -2.61. The van der Waals surface area contributed by atoms with Crippen LogP contribution in [0.15, 0.2) is 47.8 Å². The maximum atomic E-state index is 12.7. The van der Waals surface area contributed by atoms with Crippen molar-refractivity contribution in [1.29, 1.82) is 0 Å². The van der Waals surface area contributed by atoms with Gasteiger partial charge in [0.1, 0.15) is 11.5 Å². The first kappa shape index (κ1) is 18.4. The summed E-state index contributed by atoms with van der Waals surface area (Å²) < 4.78 is 38.9. The van der Waals surface area contributed by atoms with Crippen LogP contribution in [0.25, 0.3) is 17.2 Å². The predicted octanol–water partition coefficient (Wildman–Crippen LogP) is 3.42. The number of aromatic nitrogens is 3. The maximum Gasteiger partial charge on any atom is 0.433 e. The van der Waals surface area contributed by atoms with E-state index in [1.54, 1.807) is 0 Å². The molecular weight excluding hydrogens is 333 g/mol. The molecule has 0 aliphatic carbocycles. The van der Waals surface area contributed by atoms with Crippen molar-refractivity contribution < 1.29 is 13.2 Å². The quantitative estimate of drug-likeness (QED) is 0.847. The molecule has 0 aromatic carbocycles. The first-order valence-electron chi connectivity index (χ1n) is 6.02. The van der Waals surface area contributed by atoms with Gasteiger partial charge in [-0.15, -0.1) is 0 Å². The smallest absolute Gasteiger partial charge is 0.383 e. The fourth-order valence-electron chi connectivity index (χ4n) is 1.58. The number of fused-ring (bicyclic) bond motifs is 1. The van der Waals surface area contributed by atoms with Gasteiger partial charge in [-0.3, -0.25) is 4.57 Å². The molecule has 2 heterocycles. The van der Waals surface area contributed by atoms with Crippen LogP contribution in [0.1, 0.15) is 5.69 Å². The number of pyridine rings is 1. The average Bonchev–Trinajstić information content (AvgIpc) is 2.46. The Bertz CT molecular complexity index is 812. The van der Waals surface area contributed by atoms with E-state index >= 15 is 0 Å². The number of rotatable bonds is 2. The number of nitrogens with zero attached hydrogens (tertiary/aromatic N) is 3. The summed E-state index contributed by atoms with van der Waals surface area (Å²) in [6, 6.07) is 1.91. The zero-order valence-electron chi connectivity index (χ0n) is 11.7. The average molecular weight is 345 g/mol. The molecule has 5 nitrogen and oxygen atoms in total. The summed E-state index contributed by atoms with van der Waals surface area (Å²) in [6.07, 6.45) is -0.657. The highest BCUT2D eigenvalue weighted by Crippen LogP contribution is 2.29. The second-order valence-corrected chi connectivity index (χ2v) is 4.26. The number of hydrogen-bond donors (Lipinski definition) is 1. The van der Waals surface area contributed by atoms with Crippen LogP contribution in [0.3, 0.4) is 0 Å². The summed E-state index contributed by atoms with van der Waals surface area (Å²) in [6.45, 7) is 6.54. The number of halogens is 4. The molecule has 2 rings (SSSR count). The van der Waals surface area contributed by atoms with Gasteiger partial charge in [0, 0.05) is 6.20 Å². The van der Waals surface area contributed by atoms with Crippen LogP contribution in [0, 0.1) is 0 Å². The minimum Gasteiger partial charge on any atom is -0.383 e. The van der Waals surface area contributed by atoms with Crippen molar-refractivity contribution in [3.63, 3.8) is 0 Å². The lowest BCUT2D eigenvalue weighted by Crippen LogP contribution is -2.22. The summed E-state index contributed by atoms with van der Waals surface area (Å²) in [5, 5.41) is 0.159. The van der Waals surface area contributed by atoms with Gasteiger partial charge < -0.3 is 5.73 Å². The standard InChI is InChI=1S/C12H9F3N4O.C2H3Cl/c1-2-3-6-19-10-7(9(16)18-11(19)20)4-5-8(17-10)12(13,14)15;1-2-3/h2-6H,1H2,(H2,16,18,20);2H,1H2/b6-3+;. The Kier molecular flexibility index (Phi) is 6.09. The van der Waals surface area contributed by atoms with E-state index in [1.807, 2.05) is 0 Å². The third kappa shape index (κ3) is 4.43. The van der Waals surface area contributed by atoms with Crippen molar-refractivity contribution in [2.45, 2.75) is 6.18 Å². The van der Waals surface area contributed by atoms with E-state index in [1.165, 1.54) is 23.9 Å². The molecule has 0 unspecified atom stereocenters. The molecule has 0 atom stereocenters. The van der Waals surface area contributed by atoms with Crippen molar-refractivity contribution in [3.8, 4) is 0 Å². The highest BCUT2D eigenvalue weighted by molar-refractivity contribution is 6.25. The summed E-state index contributed by atoms with van der Waals surface area (Å²) >= 11 is 4.76. The van der Waals surface area contributed by atoms with Crippen molar-refractivity contribution in [1.82, 2.24) is 14.5 Å². The minimum atomic E-state index is -4.62. The molecule has 2 aromatic rings. The topological polar surface area (TPSA) is 73.8 Å². The molecule has 0 radical (unpaired) electrons. The number of nitrogens with two attached hydrogens (primary N) is 1. The van der Waals surface area contributed by atoms with Crippen LogP contribution in [0.5, 0.6) is 0 Å². The lowest BCUT2D eigenvalue weighted by molar-refractivity contribution is -0.141. The van der Waals surface area contributed by atoms with Crippen molar-refractivity contribution >= 4 is 34.7 Å². The maximum absolute atomic E-state index is 12.7. The Morgan fingerprint density at radius 1 is 1.26 bits per heavy atom. The van der Waals surface area contributed by atoms with Gasteiger partial charge in [0.2, 0.25) is 0 Å². The van der Waals surface area contributed by atoms with E-state index in [9.17, 15) is 18.0 Å². The molecule has 0 aliphatic rings. The summed E-state index contributed by atoms with van der Waals surface area (Å²) in [5.41, 5.74) is 4.60. The molecule has 0 saturated carbocycles. The van der Waals surface area contributed by atoms with Gasteiger partial charge in [-0.2, -0.15) is 18.2 Å². The molecule has 2 N–H and O–H groups in total. The van der Waals surface area contributed by atoms with E-state index in [2.05, 4.69) is 23.1 Å². The molecule has 0 bridgehead atoms. The Morgan fingerprint density at radius 3 is 2.39 bits per heavy atom. The molecule has 0 amide bonds. The number of alkyl halides is 3. The number of hydrogen-bond acceptors (Lipinski definition) is 4. The highest BCUT2D eigenvalue weighted by atomic mass is 35.5. The molecular formula is C14H12ClF3N4O. The molecule has 23 heavy (non-hydrogen) atoms. The lowest BCUT2D eigenvalue weighted by atomic mass is 10.2. The summed E-state index contributed by atoms with van der Waals surface area (Å²) in [4.78, 5) is 18.7. The Labute approximate surface area is 134 Å². The van der Waals surface area contributed by atoms with Gasteiger partial charge in [-0.25, -0.2) is 9.78 Å². The third-order valence-corrected chi connectivity index (χ3v) is 2.46. The van der Waals surface area contributed by atoms with E-state index in [4.69, 9.17) is 17.3 Å². The molecule has 0 spiro atoms. The minimum absolute atomic E-state index is 0.159. The van der Waals surface area contributed by atoms with Crippen LogP contribution < -0.4 is 11.4 Å². The largest absolute Gasteiger partial charge is 0.433 e. The van der Waals surface area contributed by atoms with Crippen molar-refractivity contribution in [3.05, 3.63) is 59.2 Å². The number of allylic oxidation sites excluding steroid dienone is 2. The first-order valence-corrected chi connectivity index (χ1v) is 6.46. The Balaban J connectivity index is 0.000000816. The first-order chi connectivity index (χ1) is 10.8. The van der Waals surface area contributed by atoms with Gasteiger partial charge in [0.15, 0.2) is 5.65 Å². The summed E-state index contributed by atoms with van der Waals surface area (Å²) in [7, 11) is 0. The fraction of sp³-hybridized carbons (Fsp3) is 0.0714. The van der Waals surface area contributed by atoms with Crippen LogP contribution in [0.4, 0.5) is 19.0 Å². The molecule has 0 saturated heterocycles. The van der Waals surface area contributed by atoms with Gasteiger partial charge >= 0.3 is 11.9 Å². The van der Waals surface area contributed by atoms with Gasteiger partial charge in [-0.1, -0.05) is 30.8 Å². The normalized spacial score (nSPS) is 11.1. The fourth-order valence-corrected chi connectivity index (χ4v) is 1.58.